The van der Waals surface area contributed by atoms with Gasteiger partial charge in [0.25, 0.3) is 0 Å². The van der Waals surface area contributed by atoms with Gasteiger partial charge in [-0.2, -0.15) is 0 Å². The summed E-state index contributed by atoms with van der Waals surface area (Å²) in [5, 5.41) is 10.9. The van der Waals surface area contributed by atoms with Crippen LogP contribution in [0.1, 0.15) is 40.5 Å². The number of thiophene rings is 1. The molecule has 3 rings (SSSR count). The quantitative estimate of drug-likeness (QED) is 0.833. The van der Waals surface area contributed by atoms with Gasteiger partial charge in [0.15, 0.2) is 0 Å². The van der Waals surface area contributed by atoms with Crippen LogP contribution in [0.3, 0.4) is 0 Å². The highest BCUT2D eigenvalue weighted by atomic mass is 32.1. The molecule has 0 amide bonds. The number of aliphatic hydroxyl groups is 1. The number of hydrogen-bond donors (Lipinski definition) is 1. The van der Waals surface area contributed by atoms with Crippen LogP contribution in [0.15, 0.2) is 35.7 Å². The second-order valence-corrected chi connectivity index (χ2v) is 7.87. The molecule has 1 aliphatic rings. The Bertz CT molecular complexity index is 739. The lowest BCUT2D eigenvalue weighted by Gasteiger charge is -2.24. The standard InChI is InChI=1S/C21H26N2OS/c1-22(2)14-17-7-9-19(10-8-17)21-6-3-11-23(21)15-20-13-18(16-25-20)5-4-12-24/h7-10,13,16,21,24H,3,6,11-12,14-15H2,1-2H3. The summed E-state index contributed by atoms with van der Waals surface area (Å²) in [6, 6.07) is 11.8. The van der Waals surface area contributed by atoms with Crippen LogP contribution in [0, 0.1) is 11.8 Å². The van der Waals surface area contributed by atoms with Gasteiger partial charge in [-0.05, 0) is 50.7 Å². The topological polar surface area (TPSA) is 26.7 Å². The number of hydrogen-bond acceptors (Lipinski definition) is 4. The molecule has 4 heteroatoms. The first kappa shape index (κ1) is 18.2. The van der Waals surface area contributed by atoms with Gasteiger partial charge in [-0.3, -0.25) is 4.90 Å². The van der Waals surface area contributed by atoms with Crippen LogP contribution in [0.2, 0.25) is 0 Å². The Kier molecular flexibility index (Phi) is 6.28. The highest BCUT2D eigenvalue weighted by molar-refractivity contribution is 7.10. The van der Waals surface area contributed by atoms with E-state index in [2.05, 4.69) is 71.4 Å². The van der Waals surface area contributed by atoms with Gasteiger partial charge in [-0.1, -0.05) is 36.1 Å². The van der Waals surface area contributed by atoms with Crippen LogP contribution in [-0.2, 0) is 13.1 Å². The fourth-order valence-corrected chi connectivity index (χ4v) is 4.31. The number of nitrogens with zero attached hydrogens (tertiary/aromatic N) is 2. The molecule has 1 atom stereocenters. The molecule has 1 saturated heterocycles. The monoisotopic (exact) mass is 354 g/mol. The molecule has 0 saturated carbocycles. The predicted octanol–water partition coefficient (Wildman–Crippen LogP) is 3.49. The first-order valence-electron chi connectivity index (χ1n) is 8.80. The van der Waals surface area contributed by atoms with Gasteiger partial charge < -0.3 is 10.0 Å². The Morgan fingerprint density at radius 3 is 2.80 bits per heavy atom. The minimum atomic E-state index is -0.0802. The molecular weight excluding hydrogens is 328 g/mol. The molecule has 1 aromatic heterocycles. The Labute approximate surface area is 154 Å². The second kappa shape index (κ2) is 8.64. The van der Waals surface area contributed by atoms with E-state index in [0.717, 1.165) is 25.2 Å². The average Bonchev–Trinajstić information content (AvgIpc) is 3.23. The molecule has 1 N–H and O–H groups in total. The molecule has 132 valence electrons. The molecule has 0 aliphatic carbocycles. The van der Waals surface area contributed by atoms with E-state index < -0.39 is 0 Å². The third-order valence-electron chi connectivity index (χ3n) is 4.55. The largest absolute Gasteiger partial charge is 0.384 e. The first-order chi connectivity index (χ1) is 12.2. The predicted molar refractivity (Wildman–Crippen MR) is 105 cm³/mol. The number of aliphatic hydroxyl groups excluding tert-OH is 1. The SMILES string of the molecule is CN(C)Cc1ccc(C2CCCN2Cc2cc(C#CCO)cs2)cc1. The normalized spacial score (nSPS) is 17.7. The lowest BCUT2D eigenvalue weighted by atomic mass is 10.0. The van der Waals surface area contributed by atoms with Crippen molar-refractivity contribution in [1.82, 2.24) is 9.80 Å². The molecule has 2 aromatic rings. The molecular formula is C21H26N2OS. The summed E-state index contributed by atoms with van der Waals surface area (Å²) in [7, 11) is 4.21. The maximum atomic E-state index is 8.81. The van der Waals surface area contributed by atoms with Crippen LogP contribution < -0.4 is 0 Å². The Morgan fingerprint density at radius 2 is 2.08 bits per heavy atom. The van der Waals surface area contributed by atoms with Crippen molar-refractivity contribution in [1.29, 1.82) is 0 Å². The van der Waals surface area contributed by atoms with Crippen molar-refractivity contribution in [3.05, 3.63) is 57.3 Å². The van der Waals surface area contributed by atoms with E-state index in [0.29, 0.717) is 6.04 Å². The van der Waals surface area contributed by atoms with E-state index in [-0.39, 0.29) is 6.61 Å². The van der Waals surface area contributed by atoms with Crippen LogP contribution >= 0.6 is 11.3 Å². The van der Waals surface area contributed by atoms with Crippen molar-refractivity contribution in [3.63, 3.8) is 0 Å². The van der Waals surface area contributed by atoms with Gasteiger partial charge in [0.05, 0.1) is 0 Å². The Balaban J connectivity index is 1.67. The summed E-state index contributed by atoms with van der Waals surface area (Å²) in [6.45, 7) is 3.04. The van der Waals surface area contributed by atoms with Gasteiger partial charge in [-0.15, -0.1) is 11.3 Å². The molecule has 0 radical (unpaired) electrons. The molecule has 1 fully saturated rings. The van der Waals surface area contributed by atoms with E-state index in [1.165, 1.54) is 28.8 Å². The molecule has 3 nitrogen and oxygen atoms in total. The van der Waals surface area contributed by atoms with Crippen LogP contribution in [0.25, 0.3) is 0 Å². The highest BCUT2D eigenvalue weighted by Gasteiger charge is 2.26. The lowest BCUT2D eigenvalue weighted by Crippen LogP contribution is -2.22. The van der Waals surface area contributed by atoms with Crippen LogP contribution in [-0.4, -0.2) is 42.2 Å². The first-order valence-corrected chi connectivity index (χ1v) is 9.68. The third kappa shape index (κ3) is 4.93. The van der Waals surface area contributed by atoms with Crippen molar-refractivity contribution in [3.8, 4) is 11.8 Å². The molecule has 0 bridgehead atoms. The molecule has 0 spiro atoms. The zero-order valence-electron chi connectivity index (χ0n) is 15.0. The van der Waals surface area contributed by atoms with Crippen molar-refractivity contribution in [2.45, 2.75) is 32.0 Å². The minimum absolute atomic E-state index is 0.0802. The van der Waals surface area contributed by atoms with Crippen LogP contribution in [0.4, 0.5) is 0 Å². The van der Waals surface area contributed by atoms with Gasteiger partial charge in [0.2, 0.25) is 0 Å². The summed E-state index contributed by atoms with van der Waals surface area (Å²) >= 11 is 1.76. The van der Waals surface area contributed by atoms with E-state index in [9.17, 15) is 0 Å². The highest BCUT2D eigenvalue weighted by Crippen LogP contribution is 2.34. The van der Waals surface area contributed by atoms with E-state index in [4.69, 9.17) is 5.11 Å². The zero-order chi connectivity index (χ0) is 17.6. The average molecular weight is 355 g/mol. The van der Waals surface area contributed by atoms with Crippen LogP contribution in [0.5, 0.6) is 0 Å². The van der Waals surface area contributed by atoms with Crippen molar-refractivity contribution in [2.24, 2.45) is 0 Å². The summed E-state index contributed by atoms with van der Waals surface area (Å²) in [5.74, 6) is 5.71. The summed E-state index contributed by atoms with van der Waals surface area (Å²) in [4.78, 5) is 6.12. The molecule has 25 heavy (non-hydrogen) atoms. The second-order valence-electron chi connectivity index (χ2n) is 6.87. The maximum absolute atomic E-state index is 8.81. The fraction of sp³-hybridized carbons (Fsp3) is 0.429. The van der Waals surface area contributed by atoms with E-state index in [1.807, 2.05) is 0 Å². The zero-order valence-corrected chi connectivity index (χ0v) is 15.9. The van der Waals surface area contributed by atoms with E-state index in [1.54, 1.807) is 11.3 Å². The van der Waals surface area contributed by atoms with Gasteiger partial charge in [-0.25, -0.2) is 0 Å². The smallest absolute Gasteiger partial charge is 0.104 e. The number of rotatable bonds is 5. The number of likely N-dealkylation sites (tertiary alicyclic amines) is 1. The summed E-state index contributed by atoms with van der Waals surface area (Å²) in [5.41, 5.74) is 3.80. The fourth-order valence-electron chi connectivity index (χ4n) is 3.47. The Hall–Kier alpha value is -1.64. The van der Waals surface area contributed by atoms with Crippen molar-refractivity contribution >= 4 is 11.3 Å². The molecule has 1 aromatic carbocycles. The summed E-state index contributed by atoms with van der Waals surface area (Å²) < 4.78 is 0. The molecule has 1 unspecified atom stereocenters. The minimum Gasteiger partial charge on any atom is -0.384 e. The lowest BCUT2D eigenvalue weighted by molar-refractivity contribution is 0.250. The number of benzene rings is 1. The van der Waals surface area contributed by atoms with Gasteiger partial charge in [0.1, 0.15) is 6.61 Å². The Morgan fingerprint density at radius 1 is 1.28 bits per heavy atom. The van der Waals surface area contributed by atoms with E-state index >= 15 is 0 Å². The summed E-state index contributed by atoms with van der Waals surface area (Å²) in [6.07, 6.45) is 2.49. The maximum Gasteiger partial charge on any atom is 0.104 e. The van der Waals surface area contributed by atoms with Gasteiger partial charge in [0, 0.05) is 35.0 Å². The van der Waals surface area contributed by atoms with Gasteiger partial charge >= 0.3 is 0 Å². The molecule has 2 heterocycles. The third-order valence-corrected chi connectivity index (χ3v) is 5.47. The van der Waals surface area contributed by atoms with Crippen molar-refractivity contribution in [2.75, 3.05) is 27.2 Å². The molecule has 1 aliphatic heterocycles. The van der Waals surface area contributed by atoms with Crippen molar-refractivity contribution < 1.29 is 5.11 Å².